The molecule has 2 rings (SSSR count). The Morgan fingerprint density at radius 1 is 1.20 bits per heavy atom. The van der Waals surface area contributed by atoms with Crippen molar-refractivity contribution in [2.24, 2.45) is 0 Å². The van der Waals surface area contributed by atoms with E-state index in [0.717, 1.165) is 24.1 Å². The van der Waals surface area contributed by atoms with Crippen molar-refractivity contribution in [1.29, 1.82) is 5.26 Å². The van der Waals surface area contributed by atoms with Crippen molar-refractivity contribution in [3.05, 3.63) is 59.4 Å². The fourth-order valence-electron chi connectivity index (χ4n) is 1.89. The molecule has 0 atom stereocenters. The third-order valence-corrected chi connectivity index (χ3v) is 2.89. The van der Waals surface area contributed by atoms with Crippen LogP contribution in [-0.2, 0) is 6.42 Å². The van der Waals surface area contributed by atoms with Crippen LogP contribution in [0.3, 0.4) is 0 Å². The number of aryl methyl sites for hydroxylation is 1. The van der Waals surface area contributed by atoms with Crippen LogP contribution in [0.25, 0.3) is 0 Å². The first kappa shape index (κ1) is 13.9. The van der Waals surface area contributed by atoms with Crippen LogP contribution in [0.2, 0.25) is 0 Å². The Kier molecular flexibility index (Phi) is 4.56. The van der Waals surface area contributed by atoms with Crippen molar-refractivity contribution >= 4 is 5.69 Å². The second-order valence-electron chi connectivity index (χ2n) is 4.45. The third kappa shape index (κ3) is 3.72. The van der Waals surface area contributed by atoms with Gasteiger partial charge in [0.15, 0.2) is 0 Å². The number of nitrogen functional groups attached to an aromatic ring is 1. The van der Waals surface area contributed by atoms with E-state index in [-0.39, 0.29) is 5.56 Å². The molecule has 2 N–H and O–H groups in total. The molecule has 20 heavy (non-hydrogen) atoms. The summed E-state index contributed by atoms with van der Waals surface area (Å²) >= 11 is 0. The number of nitrogens with zero attached hydrogens (tertiary/aromatic N) is 1. The minimum absolute atomic E-state index is 0.0251. The summed E-state index contributed by atoms with van der Waals surface area (Å²) in [7, 11) is 0. The Morgan fingerprint density at radius 3 is 2.75 bits per heavy atom. The lowest BCUT2D eigenvalue weighted by Crippen LogP contribution is -2.00. The van der Waals surface area contributed by atoms with E-state index in [1.54, 1.807) is 12.1 Å². The summed E-state index contributed by atoms with van der Waals surface area (Å²) in [6.07, 6.45) is 1.66. The topological polar surface area (TPSA) is 59.0 Å². The maximum atomic E-state index is 13.4. The predicted molar refractivity (Wildman–Crippen MR) is 75.8 cm³/mol. The van der Waals surface area contributed by atoms with E-state index in [1.807, 2.05) is 24.3 Å². The summed E-state index contributed by atoms with van der Waals surface area (Å²) in [5, 5.41) is 8.63. The highest BCUT2D eigenvalue weighted by molar-refractivity contribution is 5.40. The van der Waals surface area contributed by atoms with Crippen LogP contribution >= 0.6 is 0 Å². The lowest BCUT2D eigenvalue weighted by atomic mass is 10.1. The number of anilines is 1. The molecular formula is C16H15FN2O. The van der Waals surface area contributed by atoms with E-state index in [0.29, 0.717) is 12.4 Å². The van der Waals surface area contributed by atoms with Gasteiger partial charge in [0.1, 0.15) is 17.6 Å². The molecule has 0 radical (unpaired) electrons. The van der Waals surface area contributed by atoms with Crippen molar-refractivity contribution in [3.8, 4) is 11.8 Å². The number of halogens is 1. The third-order valence-electron chi connectivity index (χ3n) is 2.89. The van der Waals surface area contributed by atoms with Gasteiger partial charge in [-0.25, -0.2) is 4.39 Å². The molecule has 102 valence electrons. The zero-order valence-corrected chi connectivity index (χ0v) is 11.0. The maximum Gasteiger partial charge on any atom is 0.144 e. The average molecular weight is 270 g/mol. The van der Waals surface area contributed by atoms with E-state index < -0.39 is 5.82 Å². The molecular weight excluding hydrogens is 255 g/mol. The number of nitriles is 1. The molecule has 0 saturated heterocycles. The number of hydrogen-bond acceptors (Lipinski definition) is 3. The van der Waals surface area contributed by atoms with E-state index in [9.17, 15) is 4.39 Å². The normalized spacial score (nSPS) is 10.0. The molecule has 0 fully saturated rings. The fraction of sp³-hybridized carbons (Fsp3) is 0.188. The summed E-state index contributed by atoms with van der Waals surface area (Å²) in [6.45, 7) is 0.486. The summed E-state index contributed by atoms with van der Waals surface area (Å²) in [5.74, 6) is -0.116. The second kappa shape index (κ2) is 6.58. The highest BCUT2D eigenvalue weighted by Crippen LogP contribution is 2.16. The van der Waals surface area contributed by atoms with Crippen LogP contribution < -0.4 is 10.5 Å². The molecule has 3 nitrogen and oxygen atoms in total. The molecule has 0 unspecified atom stereocenters. The predicted octanol–water partition coefficient (Wildman–Crippen LogP) is 3.29. The van der Waals surface area contributed by atoms with Crippen molar-refractivity contribution in [3.63, 3.8) is 0 Å². The first-order valence-corrected chi connectivity index (χ1v) is 6.36. The lowest BCUT2D eigenvalue weighted by Gasteiger charge is -2.07. The highest BCUT2D eigenvalue weighted by Gasteiger charge is 2.03. The van der Waals surface area contributed by atoms with Gasteiger partial charge in [-0.05, 0) is 42.7 Å². The SMILES string of the molecule is N#Cc1ccc(OCCCc2cccc(N)c2)cc1F. The van der Waals surface area contributed by atoms with Crippen molar-refractivity contribution < 1.29 is 9.13 Å². The van der Waals surface area contributed by atoms with Gasteiger partial charge >= 0.3 is 0 Å². The molecule has 0 amide bonds. The lowest BCUT2D eigenvalue weighted by molar-refractivity contribution is 0.309. The number of benzene rings is 2. The van der Waals surface area contributed by atoms with Crippen molar-refractivity contribution in [2.45, 2.75) is 12.8 Å². The molecule has 2 aromatic rings. The smallest absolute Gasteiger partial charge is 0.144 e. The van der Waals surface area contributed by atoms with Crippen LogP contribution in [0.15, 0.2) is 42.5 Å². The molecule has 0 heterocycles. The number of nitrogens with two attached hydrogens (primary N) is 1. The second-order valence-corrected chi connectivity index (χ2v) is 4.45. The Labute approximate surface area is 117 Å². The Hall–Kier alpha value is -2.54. The molecule has 2 aromatic carbocycles. The number of hydrogen-bond donors (Lipinski definition) is 1. The largest absolute Gasteiger partial charge is 0.493 e. The Bertz CT molecular complexity index is 635. The summed E-state index contributed by atoms with van der Waals surface area (Å²) in [6, 6.07) is 13.7. The van der Waals surface area contributed by atoms with Gasteiger partial charge in [-0.3, -0.25) is 0 Å². The van der Waals surface area contributed by atoms with E-state index in [1.165, 1.54) is 12.1 Å². The average Bonchev–Trinajstić information content (AvgIpc) is 2.44. The van der Waals surface area contributed by atoms with Gasteiger partial charge in [-0.15, -0.1) is 0 Å². The van der Waals surface area contributed by atoms with Crippen molar-refractivity contribution in [2.75, 3.05) is 12.3 Å². The fourth-order valence-corrected chi connectivity index (χ4v) is 1.89. The summed E-state index contributed by atoms with van der Waals surface area (Å²) in [4.78, 5) is 0. The van der Waals surface area contributed by atoms with E-state index >= 15 is 0 Å². The first-order chi connectivity index (χ1) is 9.69. The molecule has 0 saturated carbocycles. The Morgan fingerprint density at radius 2 is 2.05 bits per heavy atom. The molecule has 0 bridgehead atoms. The van der Waals surface area contributed by atoms with Crippen LogP contribution in [0, 0.1) is 17.1 Å². The molecule has 0 aliphatic carbocycles. The van der Waals surface area contributed by atoms with Gasteiger partial charge in [0.2, 0.25) is 0 Å². The number of rotatable bonds is 5. The van der Waals surface area contributed by atoms with Crippen LogP contribution in [0.4, 0.5) is 10.1 Å². The first-order valence-electron chi connectivity index (χ1n) is 6.36. The quantitative estimate of drug-likeness (QED) is 0.670. The number of ether oxygens (including phenoxy) is 1. The minimum Gasteiger partial charge on any atom is -0.493 e. The standard InChI is InChI=1S/C16H15FN2O/c17-16-10-15(7-6-13(16)11-18)20-8-2-4-12-3-1-5-14(19)9-12/h1,3,5-7,9-10H,2,4,8,19H2. The van der Waals surface area contributed by atoms with E-state index in [4.69, 9.17) is 15.7 Å². The maximum absolute atomic E-state index is 13.4. The minimum atomic E-state index is -0.555. The Balaban J connectivity index is 1.82. The molecule has 0 spiro atoms. The van der Waals surface area contributed by atoms with Crippen LogP contribution in [0.5, 0.6) is 5.75 Å². The zero-order chi connectivity index (χ0) is 14.4. The van der Waals surface area contributed by atoms with E-state index in [2.05, 4.69) is 0 Å². The summed E-state index contributed by atoms with van der Waals surface area (Å²) in [5.41, 5.74) is 7.62. The molecule has 0 aromatic heterocycles. The van der Waals surface area contributed by atoms with Gasteiger partial charge in [-0.1, -0.05) is 12.1 Å². The molecule has 0 aliphatic heterocycles. The monoisotopic (exact) mass is 270 g/mol. The van der Waals surface area contributed by atoms with Gasteiger partial charge in [-0.2, -0.15) is 5.26 Å². The van der Waals surface area contributed by atoms with Gasteiger partial charge < -0.3 is 10.5 Å². The zero-order valence-electron chi connectivity index (χ0n) is 11.0. The van der Waals surface area contributed by atoms with Crippen LogP contribution in [0.1, 0.15) is 17.5 Å². The van der Waals surface area contributed by atoms with Gasteiger partial charge in [0.25, 0.3) is 0 Å². The van der Waals surface area contributed by atoms with Gasteiger partial charge in [0.05, 0.1) is 12.2 Å². The molecule has 0 aliphatic rings. The molecule has 4 heteroatoms. The van der Waals surface area contributed by atoms with Crippen molar-refractivity contribution in [1.82, 2.24) is 0 Å². The van der Waals surface area contributed by atoms with Gasteiger partial charge in [0, 0.05) is 11.8 Å². The highest BCUT2D eigenvalue weighted by atomic mass is 19.1. The van der Waals surface area contributed by atoms with Crippen LogP contribution in [-0.4, -0.2) is 6.61 Å². The summed E-state index contributed by atoms with van der Waals surface area (Å²) < 4.78 is 18.8.